The fourth-order valence-corrected chi connectivity index (χ4v) is 5.32. The van der Waals surface area contributed by atoms with Gasteiger partial charge in [0.05, 0.1) is 6.42 Å². The molecule has 0 heterocycles. The van der Waals surface area contributed by atoms with Crippen LogP contribution in [-0.2, 0) is 16.0 Å². The van der Waals surface area contributed by atoms with Crippen molar-refractivity contribution in [3.05, 3.63) is 47.5 Å². The largest absolute Gasteiger partial charge is 0.462 e. The zero-order chi connectivity index (χ0) is 20.5. The minimum atomic E-state index is -0.115. The fraction of sp³-hybridized carbons (Fsp3) is 0.654. The molecule has 0 amide bonds. The van der Waals surface area contributed by atoms with Gasteiger partial charge in [-0.2, -0.15) is 0 Å². The first-order chi connectivity index (χ1) is 14.1. The molecule has 2 saturated carbocycles. The Morgan fingerprint density at radius 2 is 1.41 bits per heavy atom. The maximum absolute atomic E-state index is 11.6. The summed E-state index contributed by atoms with van der Waals surface area (Å²) in [5.74, 6) is 2.57. The van der Waals surface area contributed by atoms with E-state index < -0.39 is 0 Å². The number of benzene rings is 1. The average Bonchev–Trinajstić information content (AvgIpc) is 2.74. The van der Waals surface area contributed by atoms with Gasteiger partial charge in [0, 0.05) is 5.02 Å². The van der Waals surface area contributed by atoms with E-state index >= 15 is 0 Å². The van der Waals surface area contributed by atoms with Crippen LogP contribution in [0.3, 0.4) is 0 Å². The summed E-state index contributed by atoms with van der Waals surface area (Å²) in [7, 11) is 0. The van der Waals surface area contributed by atoms with Gasteiger partial charge in [-0.05, 0) is 74.0 Å². The van der Waals surface area contributed by atoms with E-state index in [0.29, 0.717) is 6.42 Å². The predicted molar refractivity (Wildman–Crippen MR) is 121 cm³/mol. The Balaban J connectivity index is 1.26. The number of aryl methyl sites for hydroxylation is 1. The highest BCUT2D eigenvalue weighted by Crippen LogP contribution is 2.37. The molecule has 2 nitrogen and oxygen atoms in total. The molecule has 0 aromatic heterocycles. The molecule has 0 N–H and O–H groups in total. The van der Waals surface area contributed by atoms with Gasteiger partial charge in [-0.25, -0.2) is 0 Å². The van der Waals surface area contributed by atoms with Crippen molar-refractivity contribution in [2.45, 2.75) is 89.6 Å². The lowest BCUT2D eigenvalue weighted by Gasteiger charge is -2.32. The van der Waals surface area contributed by atoms with Crippen LogP contribution >= 0.6 is 11.6 Å². The van der Waals surface area contributed by atoms with Crippen LogP contribution in [0.2, 0.25) is 5.02 Å². The first-order valence-electron chi connectivity index (χ1n) is 11.7. The number of rotatable bonds is 9. The van der Waals surface area contributed by atoms with E-state index in [2.05, 4.69) is 18.7 Å². The van der Waals surface area contributed by atoms with E-state index in [0.717, 1.165) is 35.6 Å². The maximum Gasteiger partial charge on any atom is 0.309 e. The molecule has 0 bridgehead atoms. The summed E-state index contributed by atoms with van der Waals surface area (Å²) in [6.45, 7) is 3.60. The minimum Gasteiger partial charge on any atom is -0.462 e. The Bertz CT molecular complexity index is 623. The summed E-state index contributed by atoms with van der Waals surface area (Å²) in [6.07, 6.45) is 17.6. The lowest BCUT2D eigenvalue weighted by atomic mass is 9.75. The van der Waals surface area contributed by atoms with E-state index in [1.165, 1.54) is 69.8 Å². The molecular formula is C26H37ClO2. The van der Waals surface area contributed by atoms with Crippen molar-refractivity contribution >= 4 is 17.6 Å². The van der Waals surface area contributed by atoms with E-state index in [-0.39, 0.29) is 12.1 Å². The van der Waals surface area contributed by atoms with Gasteiger partial charge in [-0.3, -0.25) is 4.79 Å². The van der Waals surface area contributed by atoms with E-state index in [4.69, 9.17) is 16.3 Å². The molecule has 3 heteroatoms. The second-order valence-electron chi connectivity index (χ2n) is 9.25. The summed E-state index contributed by atoms with van der Waals surface area (Å²) in [4.78, 5) is 11.6. The lowest BCUT2D eigenvalue weighted by molar-refractivity contribution is -0.149. The van der Waals surface area contributed by atoms with Crippen LogP contribution in [0, 0.1) is 17.8 Å². The molecule has 29 heavy (non-hydrogen) atoms. The van der Waals surface area contributed by atoms with Crippen LogP contribution in [0.15, 0.2) is 36.9 Å². The van der Waals surface area contributed by atoms with Crippen LogP contribution in [0.5, 0.6) is 0 Å². The number of carbonyl (C=O) groups is 1. The molecule has 0 atom stereocenters. The number of carbonyl (C=O) groups excluding carboxylic acids is 1. The van der Waals surface area contributed by atoms with Crippen LogP contribution in [0.4, 0.5) is 0 Å². The van der Waals surface area contributed by atoms with Gasteiger partial charge in [0.25, 0.3) is 0 Å². The van der Waals surface area contributed by atoms with Gasteiger partial charge >= 0.3 is 5.97 Å². The highest BCUT2D eigenvalue weighted by atomic mass is 35.5. The van der Waals surface area contributed by atoms with Gasteiger partial charge in [0.15, 0.2) is 0 Å². The molecule has 3 rings (SSSR count). The van der Waals surface area contributed by atoms with Gasteiger partial charge in [-0.1, -0.05) is 68.3 Å². The molecule has 0 spiro atoms. The van der Waals surface area contributed by atoms with E-state index in [1.807, 2.05) is 12.1 Å². The van der Waals surface area contributed by atoms with Crippen LogP contribution in [0.1, 0.15) is 82.6 Å². The van der Waals surface area contributed by atoms with E-state index in [1.54, 1.807) is 6.08 Å². The average molecular weight is 417 g/mol. The minimum absolute atomic E-state index is 0.115. The Morgan fingerprint density at radius 3 is 1.97 bits per heavy atom. The van der Waals surface area contributed by atoms with Crippen molar-refractivity contribution in [3.63, 3.8) is 0 Å². The van der Waals surface area contributed by atoms with Crippen LogP contribution < -0.4 is 0 Å². The third-order valence-corrected chi connectivity index (χ3v) is 7.36. The molecule has 0 saturated heterocycles. The SMILES string of the molecule is C=CCC(=O)OC1CCC(CCC2CCC(CCc3ccc(Cl)cc3)CC2)CC1. The summed E-state index contributed by atoms with van der Waals surface area (Å²) in [6, 6.07) is 8.35. The maximum atomic E-state index is 11.6. The number of hydrogen-bond donors (Lipinski definition) is 0. The zero-order valence-electron chi connectivity index (χ0n) is 17.8. The fourth-order valence-electron chi connectivity index (χ4n) is 5.19. The van der Waals surface area contributed by atoms with Crippen LogP contribution in [0.25, 0.3) is 0 Å². The first-order valence-corrected chi connectivity index (χ1v) is 12.0. The van der Waals surface area contributed by atoms with Gasteiger partial charge in [0.1, 0.15) is 6.10 Å². The summed E-state index contributed by atoms with van der Waals surface area (Å²) in [5.41, 5.74) is 1.42. The van der Waals surface area contributed by atoms with Gasteiger partial charge in [-0.15, -0.1) is 6.58 Å². The molecule has 0 aliphatic heterocycles. The third-order valence-electron chi connectivity index (χ3n) is 7.11. The number of ether oxygens (including phenoxy) is 1. The zero-order valence-corrected chi connectivity index (χ0v) is 18.5. The molecule has 2 aliphatic carbocycles. The monoisotopic (exact) mass is 416 g/mol. The highest BCUT2D eigenvalue weighted by molar-refractivity contribution is 6.30. The predicted octanol–water partition coefficient (Wildman–Crippen LogP) is 7.54. The van der Waals surface area contributed by atoms with Crippen molar-refractivity contribution < 1.29 is 9.53 Å². The van der Waals surface area contributed by atoms with Crippen molar-refractivity contribution in [1.82, 2.24) is 0 Å². The molecule has 2 fully saturated rings. The summed E-state index contributed by atoms with van der Waals surface area (Å²) < 4.78 is 5.53. The van der Waals surface area contributed by atoms with Gasteiger partial charge in [0.2, 0.25) is 0 Å². The number of esters is 1. The first kappa shape index (κ1) is 22.4. The Hall–Kier alpha value is -1.28. The quantitative estimate of drug-likeness (QED) is 0.307. The Labute approximate surface area is 182 Å². The second-order valence-corrected chi connectivity index (χ2v) is 9.69. The molecule has 2 aliphatic rings. The van der Waals surface area contributed by atoms with Crippen molar-refractivity contribution in [1.29, 1.82) is 0 Å². The lowest BCUT2D eigenvalue weighted by Crippen LogP contribution is -2.24. The Morgan fingerprint density at radius 1 is 0.897 bits per heavy atom. The molecular weight excluding hydrogens is 380 g/mol. The molecule has 0 unspecified atom stereocenters. The smallest absolute Gasteiger partial charge is 0.309 e. The van der Waals surface area contributed by atoms with Gasteiger partial charge < -0.3 is 4.74 Å². The van der Waals surface area contributed by atoms with Crippen molar-refractivity contribution in [3.8, 4) is 0 Å². The molecule has 1 aromatic carbocycles. The van der Waals surface area contributed by atoms with Crippen molar-refractivity contribution in [2.24, 2.45) is 17.8 Å². The number of halogens is 1. The summed E-state index contributed by atoms with van der Waals surface area (Å²) in [5, 5.41) is 0.830. The molecule has 0 radical (unpaired) electrons. The van der Waals surface area contributed by atoms with E-state index in [9.17, 15) is 4.79 Å². The standard InChI is InChI=1S/C26H37ClO2/c1-2-3-26(28)29-25-18-14-23(15-19-25)11-9-21-6-4-20(5-7-21)8-10-22-12-16-24(27)17-13-22/h2,12-13,16-17,20-21,23,25H,1,3-11,14-15,18-19H2. The van der Waals surface area contributed by atoms with Crippen LogP contribution in [-0.4, -0.2) is 12.1 Å². The Kier molecular flexibility index (Phi) is 9.11. The third kappa shape index (κ3) is 7.81. The summed E-state index contributed by atoms with van der Waals surface area (Å²) >= 11 is 5.98. The number of hydrogen-bond acceptors (Lipinski definition) is 2. The van der Waals surface area contributed by atoms with Crippen molar-refractivity contribution in [2.75, 3.05) is 0 Å². The topological polar surface area (TPSA) is 26.3 Å². The molecule has 1 aromatic rings. The second kappa shape index (κ2) is 11.8. The normalized spacial score (nSPS) is 27.3. The highest BCUT2D eigenvalue weighted by Gasteiger charge is 2.26. The molecule has 160 valence electrons.